The van der Waals surface area contributed by atoms with E-state index in [2.05, 4.69) is 24.1 Å². The molecule has 0 radical (unpaired) electrons. The first-order chi connectivity index (χ1) is 8.36. The predicted octanol–water partition coefficient (Wildman–Crippen LogP) is 2.89. The summed E-state index contributed by atoms with van der Waals surface area (Å²) in [4.78, 5) is 18.1. The Morgan fingerprint density at radius 1 is 1.39 bits per heavy atom. The minimum absolute atomic E-state index is 0.0444. The molecule has 5 heteroatoms. The van der Waals surface area contributed by atoms with E-state index in [0.29, 0.717) is 22.5 Å². The second-order valence-electron chi connectivity index (χ2n) is 4.71. The van der Waals surface area contributed by atoms with E-state index in [1.807, 2.05) is 6.92 Å². The molecule has 1 atom stereocenters. The van der Waals surface area contributed by atoms with E-state index in [1.165, 1.54) is 0 Å². The molecule has 0 saturated heterocycles. The van der Waals surface area contributed by atoms with E-state index in [0.717, 1.165) is 0 Å². The summed E-state index contributed by atoms with van der Waals surface area (Å²) in [6, 6.07) is 3.47. The number of hydrogen-bond acceptors (Lipinski definition) is 3. The highest BCUT2D eigenvalue weighted by molar-refractivity contribution is 6.29. The molecule has 18 heavy (non-hydrogen) atoms. The Morgan fingerprint density at radius 2 is 2.00 bits per heavy atom. The van der Waals surface area contributed by atoms with Gasteiger partial charge < -0.3 is 10.2 Å². The van der Waals surface area contributed by atoms with E-state index >= 15 is 0 Å². The molecule has 0 bridgehead atoms. The van der Waals surface area contributed by atoms with Crippen LogP contribution < -0.4 is 5.32 Å². The lowest BCUT2D eigenvalue weighted by atomic mass is 10.0. The van der Waals surface area contributed by atoms with Crippen LogP contribution in [0.3, 0.4) is 0 Å². The summed E-state index contributed by atoms with van der Waals surface area (Å²) < 4.78 is 0. The quantitative estimate of drug-likeness (QED) is 0.855. The zero-order valence-corrected chi connectivity index (χ0v) is 12.2. The van der Waals surface area contributed by atoms with Gasteiger partial charge in [0.1, 0.15) is 11.0 Å². The molecule has 1 aromatic rings. The maximum Gasteiger partial charge on any atom is 0.254 e. The van der Waals surface area contributed by atoms with E-state index in [-0.39, 0.29) is 11.9 Å². The van der Waals surface area contributed by atoms with Crippen LogP contribution in [0.2, 0.25) is 5.15 Å². The fourth-order valence-corrected chi connectivity index (χ4v) is 1.79. The molecule has 1 amide bonds. The Bertz CT molecular complexity index is 434. The second kappa shape index (κ2) is 6.05. The number of nitrogens with zero attached hydrogens (tertiary/aromatic N) is 2. The fraction of sp³-hybridized carbons (Fsp3) is 0.538. The number of nitrogens with one attached hydrogen (secondary N) is 1. The maximum atomic E-state index is 12.3. The summed E-state index contributed by atoms with van der Waals surface area (Å²) in [5, 5.41) is 3.20. The number of pyridine rings is 1. The van der Waals surface area contributed by atoms with Crippen molar-refractivity contribution in [3.63, 3.8) is 0 Å². The number of anilines is 1. The highest BCUT2D eigenvalue weighted by Gasteiger charge is 2.20. The third-order valence-electron chi connectivity index (χ3n) is 3.19. The maximum absolute atomic E-state index is 12.3. The number of halogens is 1. The van der Waals surface area contributed by atoms with Crippen LogP contribution in [0, 0.1) is 5.92 Å². The Labute approximate surface area is 113 Å². The molecular weight excluding hydrogens is 250 g/mol. The summed E-state index contributed by atoms with van der Waals surface area (Å²) >= 11 is 5.90. The van der Waals surface area contributed by atoms with Crippen LogP contribution in [0.4, 0.5) is 5.82 Å². The van der Waals surface area contributed by atoms with Gasteiger partial charge in [-0.25, -0.2) is 4.98 Å². The van der Waals surface area contributed by atoms with Gasteiger partial charge in [-0.1, -0.05) is 25.4 Å². The van der Waals surface area contributed by atoms with Crippen LogP contribution in [-0.4, -0.2) is 35.9 Å². The molecule has 1 aromatic heterocycles. The van der Waals surface area contributed by atoms with Crippen LogP contribution in [0.15, 0.2) is 12.1 Å². The molecule has 100 valence electrons. The SMILES string of the molecule is CNc1cc(C(=O)N(C)C(C)C(C)C)cc(Cl)n1. The number of carbonyl (C=O) groups is 1. The van der Waals surface area contributed by atoms with Crippen LogP contribution in [0.25, 0.3) is 0 Å². The van der Waals surface area contributed by atoms with Gasteiger partial charge in [-0.15, -0.1) is 0 Å². The monoisotopic (exact) mass is 269 g/mol. The van der Waals surface area contributed by atoms with Crippen LogP contribution in [-0.2, 0) is 0 Å². The van der Waals surface area contributed by atoms with E-state index in [1.54, 1.807) is 31.1 Å². The van der Waals surface area contributed by atoms with Crippen molar-refractivity contribution in [3.8, 4) is 0 Å². The molecule has 0 saturated carbocycles. The first-order valence-corrected chi connectivity index (χ1v) is 6.37. The molecule has 0 aromatic carbocycles. The van der Waals surface area contributed by atoms with Gasteiger partial charge in [-0.05, 0) is 25.0 Å². The summed E-state index contributed by atoms with van der Waals surface area (Å²) in [5.74, 6) is 0.952. The molecule has 4 nitrogen and oxygen atoms in total. The van der Waals surface area contributed by atoms with Gasteiger partial charge in [0.2, 0.25) is 0 Å². The number of rotatable bonds is 4. The lowest BCUT2D eigenvalue weighted by Gasteiger charge is -2.28. The molecule has 0 aliphatic carbocycles. The molecule has 0 fully saturated rings. The normalized spacial score (nSPS) is 12.4. The Balaban J connectivity index is 3.00. The lowest BCUT2D eigenvalue weighted by Crippen LogP contribution is -2.38. The molecule has 0 spiro atoms. The molecule has 0 aliphatic heterocycles. The molecule has 1 unspecified atom stereocenters. The molecule has 1 rings (SSSR count). The lowest BCUT2D eigenvalue weighted by molar-refractivity contribution is 0.0707. The largest absolute Gasteiger partial charge is 0.373 e. The fourth-order valence-electron chi connectivity index (χ4n) is 1.58. The van der Waals surface area contributed by atoms with Crippen molar-refractivity contribution in [2.45, 2.75) is 26.8 Å². The Hall–Kier alpha value is -1.29. The standard InChI is InChI=1S/C13H20ClN3O/c1-8(2)9(3)17(5)13(18)10-6-11(14)16-12(7-10)15-4/h6-9H,1-5H3,(H,15,16). The molecular formula is C13H20ClN3O. The third-order valence-corrected chi connectivity index (χ3v) is 3.39. The number of aromatic nitrogens is 1. The van der Waals surface area contributed by atoms with E-state index in [4.69, 9.17) is 11.6 Å². The average Bonchev–Trinajstić information content (AvgIpc) is 2.34. The van der Waals surface area contributed by atoms with Crippen molar-refractivity contribution >= 4 is 23.3 Å². The zero-order valence-electron chi connectivity index (χ0n) is 11.5. The van der Waals surface area contributed by atoms with Crippen LogP contribution in [0.5, 0.6) is 0 Å². The van der Waals surface area contributed by atoms with Crippen molar-refractivity contribution in [1.29, 1.82) is 0 Å². The number of amides is 1. The molecule has 1 heterocycles. The van der Waals surface area contributed by atoms with E-state index in [9.17, 15) is 4.79 Å². The van der Waals surface area contributed by atoms with Crippen molar-refractivity contribution in [2.24, 2.45) is 5.92 Å². The first kappa shape index (κ1) is 14.8. The zero-order chi connectivity index (χ0) is 13.9. The first-order valence-electron chi connectivity index (χ1n) is 5.99. The minimum Gasteiger partial charge on any atom is -0.373 e. The van der Waals surface area contributed by atoms with Gasteiger partial charge in [-0.2, -0.15) is 0 Å². The third kappa shape index (κ3) is 3.35. The van der Waals surface area contributed by atoms with Gasteiger partial charge in [-0.3, -0.25) is 4.79 Å². The van der Waals surface area contributed by atoms with Crippen LogP contribution >= 0.6 is 11.6 Å². The topological polar surface area (TPSA) is 45.2 Å². The van der Waals surface area contributed by atoms with E-state index < -0.39 is 0 Å². The van der Waals surface area contributed by atoms with Gasteiger partial charge in [0.25, 0.3) is 5.91 Å². The number of hydrogen-bond donors (Lipinski definition) is 1. The minimum atomic E-state index is -0.0444. The van der Waals surface area contributed by atoms with Crippen molar-refractivity contribution < 1.29 is 4.79 Å². The van der Waals surface area contributed by atoms with Crippen molar-refractivity contribution in [1.82, 2.24) is 9.88 Å². The summed E-state index contributed by atoms with van der Waals surface area (Å²) in [5.41, 5.74) is 0.550. The number of carbonyl (C=O) groups excluding carboxylic acids is 1. The Morgan fingerprint density at radius 3 is 2.50 bits per heavy atom. The predicted molar refractivity (Wildman–Crippen MR) is 75.2 cm³/mol. The highest BCUT2D eigenvalue weighted by Crippen LogP contribution is 2.18. The van der Waals surface area contributed by atoms with Crippen molar-refractivity contribution in [3.05, 3.63) is 22.8 Å². The smallest absolute Gasteiger partial charge is 0.254 e. The van der Waals surface area contributed by atoms with Gasteiger partial charge in [0, 0.05) is 25.7 Å². The molecule has 1 N–H and O–H groups in total. The van der Waals surface area contributed by atoms with Crippen molar-refractivity contribution in [2.75, 3.05) is 19.4 Å². The van der Waals surface area contributed by atoms with Gasteiger partial charge >= 0.3 is 0 Å². The second-order valence-corrected chi connectivity index (χ2v) is 5.10. The Kier molecular flexibility index (Phi) is 4.96. The highest BCUT2D eigenvalue weighted by atomic mass is 35.5. The average molecular weight is 270 g/mol. The molecule has 0 aliphatic rings. The van der Waals surface area contributed by atoms with Crippen LogP contribution in [0.1, 0.15) is 31.1 Å². The van der Waals surface area contributed by atoms with Gasteiger partial charge in [0.15, 0.2) is 0 Å². The summed E-state index contributed by atoms with van der Waals surface area (Å²) in [6.07, 6.45) is 0. The van der Waals surface area contributed by atoms with Gasteiger partial charge in [0.05, 0.1) is 0 Å². The summed E-state index contributed by atoms with van der Waals surface area (Å²) in [7, 11) is 3.55. The summed E-state index contributed by atoms with van der Waals surface area (Å²) in [6.45, 7) is 6.21.